The molecule has 1 radical (unpaired) electrons. The summed E-state index contributed by atoms with van der Waals surface area (Å²) in [6, 6.07) is 5.49. The molecule has 9 heavy (non-hydrogen) atoms. The fourth-order valence-corrected chi connectivity index (χ4v) is 0.972. The van der Waals surface area contributed by atoms with Gasteiger partial charge in [-0.2, -0.15) is 0 Å². The Morgan fingerprint density at radius 2 is 2.11 bits per heavy atom. The minimum Gasteiger partial charge on any atom is -0.301 e. The van der Waals surface area contributed by atoms with E-state index >= 15 is 0 Å². The first-order valence-electron chi connectivity index (χ1n) is 2.68. The molecule has 0 unspecified atom stereocenters. The number of aryl methyl sites for hydroxylation is 1. The summed E-state index contributed by atoms with van der Waals surface area (Å²) in [6.45, 7) is 2.00. The second-order valence-corrected chi connectivity index (χ2v) is 2.82. The predicted molar refractivity (Wildman–Crippen MR) is 41.6 cm³/mol. The van der Waals surface area contributed by atoms with Crippen LogP contribution in [0.15, 0.2) is 22.7 Å². The molecule has 1 nitrogen and oxygen atoms in total. The van der Waals surface area contributed by atoms with Crippen molar-refractivity contribution in [2.24, 2.45) is 0 Å². The molecule has 0 aliphatic heterocycles. The number of hydrogen-bond acceptors (Lipinski definition) is 0. The van der Waals surface area contributed by atoms with E-state index in [2.05, 4.69) is 15.9 Å². The Morgan fingerprint density at radius 3 is 2.56 bits per heavy atom. The predicted octanol–water partition coefficient (Wildman–Crippen LogP) is 2.67. The lowest BCUT2D eigenvalue weighted by atomic mass is 10.2. The van der Waals surface area contributed by atoms with Crippen LogP contribution in [0.1, 0.15) is 5.56 Å². The van der Waals surface area contributed by atoms with Crippen molar-refractivity contribution in [2.75, 3.05) is 0 Å². The van der Waals surface area contributed by atoms with Gasteiger partial charge < -0.3 is 5.73 Å². The van der Waals surface area contributed by atoms with Gasteiger partial charge in [-0.25, -0.2) is 0 Å². The van der Waals surface area contributed by atoms with Crippen LogP contribution in [0.5, 0.6) is 0 Å². The normalized spacial score (nSPS) is 9.56. The highest BCUT2D eigenvalue weighted by Gasteiger charge is 1.91. The Bertz CT molecular complexity index is 220. The van der Waals surface area contributed by atoms with Gasteiger partial charge in [0, 0.05) is 4.47 Å². The molecule has 0 amide bonds. The SMILES string of the molecule is Cc1ccc([NH])cc1Br. The number of halogens is 1. The van der Waals surface area contributed by atoms with Gasteiger partial charge in [0.15, 0.2) is 0 Å². The van der Waals surface area contributed by atoms with E-state index in [0.717, 1.165) is 4.47 Å². The van der Waals surface area contributed by atoms with Crippen LogP contribution in [0.3, 0.4) is 0 Å². The van der Waals surface area contributed by atoms with Gasteiger partial charge in [-0.3, -0.25) is 0 Å². The lowest BCUT2D eigenvalue weighted by molar-refractivity contribution is 1.39. The van der Waals surface area contributed by atoms with Gasteiger partial charge in [0.2, 0.25) is 0 Å². The summed E-state index contributed by atoms with van der Waals surface area (Å²) in [7, 11) is 0. The van der Waals surface area contributed by atoms with E-state index in [4.69, 9.17) is 5.73 Å². The van der Waals surface area contributed by atoms with Crippen LogP contribution < -0.4 is 5.73 Å². The van der Waals surface area contributed by atoms with Gasteiger partial charge in [-0.05, 0) is 24.6 Å². The summed E-state index contributed by atoms with van der Waals surface area (Å²) in [5, 5.41) is 0. The lowest BCUT2D eigenvalue weighted by Crippen LogP contribution is -1.74. The van der Waals surface area contributed by atoms with Crippen molar-refractivity contribution in [3.63, 3.8) is 0 Å². The van der Waals surface area contributed by atoms with Gasteiger partial charge in [-0.15, -0.1) is 0 Å². The molecule has 0 spiro atoms. The van der Waals surface area contributed by atoms with E-state index in [1.165, 1.54) is 5.56 Å². The number of rotatable bonds is 0. The first-order valence-corrected chi connectivity index (χ1v) is 3.47. The van der Waals surface area contributed by atoms with E-state index in [1.54, 1.807) is 12.1 Å². The minimum absolute atomic E-state index is 0.549. The van der Waals surface area contributed by atoms with Gasteiger partial charge in [0.05, 0.1) is 5.69 Å². The Hall–Kier alpha value is -0.500. The summed E-state index contributed by atoms with van der Waals surface area (Å²) in [4.78, 5) is 0. The van der Waals surface area contributed by atoms with E-state index in [0.29, 0.717) is 5.69 Å². The molecule has 0 aromatic heterocycles. The highest BCUT2D eigenvalue weighted by molar-refractivity contribution is 9.10. The van der Waals surface area contributed by atoms with Crippen molar-refractivity contribution in [2.45, 2.75) is 6.92 Å². The second-order valence-electron chi connectivity index (χ2n) is 1.96. The molecule has 2 heteroatoms. The van der Waals surface area contributed by atoms with Gasteiger partial charge in [-0.1, -0.05) is 22.0 Å². The third-order valence-corrected chi connectivity index (χ3v) is 2.03. The maximum Gasteiger partial charge on any atom is 0.0551 e. The standard InChI is InChI=1S/C7H7BrN/c1-5-2-3-6(9)4-7(5)8/h2-4,9H,1H3. The van der Waals surface area contributed by atoms with Crippen LogP contribution in [0.2, 0.25) is 0 Å². The van der Waals surface area contributed by atoms with Crippen LogP contribution in [0, 0.1) is 6.92 Å². The van der Waals surface area contributed by atoms with E-state index in [1.807, 2.05) is 13.0 Å². The van der Waals surface area contributed by atoms with Gasteiger partial charge in [0.25, 0.3) is 0 Å². The zero-order valence-corrected chi connectivity index (χ0v) is 6.70. The number of benzene rings is 1. The molecule has 1 N–H and O–H groups in total. The summed E-state index contributed by atoms with van der Waals surface area (Å²) in [5.74, 6) is 0. The van der Waals surface area contributed by atoms with Crippen molar-refractivity contribution in [1.82, 2.24) is 5.73 Å². The molecule has 0 fully saturated rings. The Morgan fingerprint density at radius 1 is 1.44 bits per heavy atom. The maximum atomic E-state index is 7.20. The van der Waals surface area contributed by atoms with Crippen molar-refractivity contribution in [3.8, 4) is 0 Å². The van der Waals surface area contributed by atoms with Gasteiger partial charge >= 0.3 is 0 Å². The molecule has 0 heterocycles. The maximum absolute atomic E-state index is 7.20. The number of hydrogen-bond donors (Lipinski definition) is 0. The van der Waals surface area contributed by atoms with Crippen molar-refractivity contribution in [1.29, 1.82) is 0 Å². The molecule has 0 bridgehead atoms. The Labute approximate surface area is 63.0 Å². The summed E-state index contributed by atoms with van der Waals surface area (Å²) in [6.07, 6.45) is 0. The third-order valence-electron chi connectivity index (χ3n) is 1.17. The highest BCUT2D eigenvalue weighted by Crippen LogP contribution is 2.18. The Balaban J connectivity index is 3.17. The smallest absolute Gasteiger partial charge is 0.0551 e. The summed E-state index contributed by atoms with van der Waals surface area (Å²) in [5.41, 5.74) is 8.92. The zero-order chi connectivity index (χ0) is 6.85. The largest absolute Gasteiger partial charge is 0.301 e. The topological polar surface area (TPSA) is 23.8 Å². The summed E-state index contributed by atoms with van der Waals surface area (Å²) < 4.78 is 1.01. The second kappa shape index (κ2) is 2.40. The molecular weight excluding hydrogens is 178 g/mol. The molecule has 1 aromatic rings. The van der Waals surface area contributed by atoms with Crippen LogP contribution in [0.4, 0.5) is 5.69 Å². The monoisotopic (exact) mass is 184 g/mol. The average molecular weight is 185 g/mol. The molecule has 0 aliphatic carbocycles. The van der Waals surface area contributed by atoms with Crippen LogP contribution in [-0.4, -0.2) is 0 Å². The van der Waals surface area contributed by atoms with Crippen molar-refractivity contribution in [3.05, 3.63) is 28.2 Å². The van der Waals surface area contributed by atoms with E-state index in [-0.39, 0.29) is 0 Å². The first-order chi connectivity index (χ1) is 4.20. The first kappa shape index (κ1) is 6.62. The lowest BCUT2D eigenvalue weighted by Gasteiger charge is -1.95. The van der Waals surface area contributed by atoms with Crippen LogP contribution in [0.25, 0.3) is 0 Å². The quantitative estimate of drug-likeness (QED) is 0.593. The molecule has 0 aliphatic rings. The third kappa shape index (κ3) is 1.45. The number of nitrogens with one attached hydrogen (secondary N) is 1. The van der Waals surface area contributed by atoms with E-state index < -0.39 is 0 Å². The fourth-order valence-electron chi connectivity index (χ4n) is 0.593. The molecule has 0 saturated heterocycles. The van der Waals surface area contributed by atoms with Crippen molar-refractivity contribution < 1.29 is 0 Å². The zero-order valence-electron chi connectivity index (χ0n) is 5.11. The molecule has 1 rings (SSSR count). The van der Waals surface area contributed by atoms with Crippen molar-refractivity contribution >= 4 is 21.6 Å². The molecular formula is C7H7BrN. The minimum atomic E-state index is 0.549. The Kier molecular flexibility index (Phi) is 1.76. The molecule has 47 valence electrons. The molecule has 0 saturated carbocycles. The highest BCUT2D eigenvalue weighted by atomic mass is 79.9. The van der Waals surface area contributed by atoms with Crippen LogP contribution >= 0.6 is 15.9 Å². The fraction of sp³-hybridized carbons (Fsp3) is 0.143. The van der Waals surface area contributed by atoms with Crippen LogP contribution in [-0.2, 0) is 0 Å². The van der Waals surface area contributed by atoms with Gasteiger partial charge in [0.1, 0.15) is 0 Å². The molecule has 0 atom stereocenters. The molecule has 1 aromatic carbocycles. The van der Waals surface area contributed by atoms with E-state index in [9.17, 15) is 0 Å². The average Bonchev–Trinajstić information content (AvgIpc) is 1.80. The summed E-state index contributed by atoms with van der Waals surface area (Å²) >= 11 is 3.33.